The highest BCUT2D eigenvalue weighted by Crippen LogP contribution is 2.16. The predicted molar refractivity (Wildman–Crippen MR) is 86.4 cm³/mol. The van der Waals surface area contributed by atoms with Gasteiger partial charge in [-0.1, -0.05) is 25.7 Å². The highest BCUT2D eigenvalue weighted by atomic mass is 127. The first kappa shape index (κ1) is 16.2. The molecule has 6 nitrogen and oxygen atoms in total. The van der Waals surface area contributed by atoms with Crippen LogP contribution in [-0.2, 0) is 13.6 Å². The maximum atomic E-state index is 5.90. The number of aromatic nitrogens is 3. The molecule has 0 saturated heterocycles. The molecule has 3 N–H and O–H groups in total. The van der Waals surface area contributed by atoms with Gasteiger partial charge >= 0.3 is 0 Å². The average molecular weight is 378 g/mol. The van der Waals surface area contributed by atoms with Gasteiger partial charge in [0.2, 0.25) is 0 Å². The number of nitrogens with zero attached hydrogens (tertiary/aromatic N) is 4. The minimum absolute atomic E-state index is 0. The van der Waals surface area contributed by atoms with Gasteiger partial charge in [-0.2, -0.15) is 0 Å². The zero-order valence-electron chi connectivity index (χ0n) is 11.4. The van der Waals surface area contributed by atoms with E-state index in [0.29, 0.717) is 18.5 Å². The van der Waals surface area contributed by atoms with E-state index in [-0.39, 0.29) is 24.0 Å². The third-order valence-electron chi connectivity index (χ3n) is 3.40. The Bertz CT molecular complexity index is 395. The van der Waals surface area contributed by atoms with Gasteiger partial charge in [0.25, 0.3) is 0 Å². The van der Waals surface area contributed by atoms with Crippen LogP contribution in [-0.4, -0.2) is 26.8 Å². The summed E-state index contributed by atoms with van der Waals surface area (Å²) in [7, 11) is 1.90. The fourth-order valence-electron chi connectivity index (χ4n) is 2.28. The number of rotatable bonds is 3. The molecule has 19 heavy (non-hydrogen) atoms. The van der Waals surface area contributed by atoms with Gasteiger partial charge in [0.05, 0.1) is 0 Å². The first-order valence-electron chi connectivity index (χ1n) is 6.65. The first-order valence-corrected chi connectivity index (χ1v) is 6.65. The van der Waals surface area contributed by atoms with Crippen molar-refractivity contribution in [2.75, 3.05) is 0 Å². The molecule has 0 atom stereocenters. The van der Waals surface area contributed by atoms with Gasteiger partial charge < -0.3 is 15.6 Å². The van der Waals surface area contributed by atoms with Crippen LogP contribution in [0.1, 0.15) is 44.3 Å². The van der Waals surface area contributed by atoms with Crippen LogP contribution in [0, 0.1) is 0 Å². The summed E-state index contributed by atoms with van der Waals surface area (Å²) in [4.78, 5) is 4.31. The molecular formula is C12H23IN6. The second-order valence-corrected chi connectivity index (χ2v) is 4.89. The lowest BCUT2D eigenvalue weighted by Crippen LogP contribution is -2.39. The largest absolute Gasteiger partial charge is 0.370 e. The van der Waals surface area contributed by atoms with E-state index in [4.69, 9.17) is 5.73 Å². The van der Waals surface area contributed by atoms with Gasteiger partial charge in [0.15, 0.2) is 11.8 Å². The van der Waals surface area contributed by atoms with Crippen LogP contribution in [0.2, 0.25) is 0 Å². The van der Waals surface area contributed by atoms with E-state index < -0.39 is 0 Å². The lowest BCUT2D eigenvalue weighted by Gasteiger charge is -2.16. The van der Waals surface area contributed by atoms with Crippen molar-refractivity contribution in [3.05, 3.63) is 12.2 Å². The highest BCUT2D eigenvalue weighted by molar-refractivity contribution is 14.0. The maximum Gasteiger partial charge on any atom is 0.189 e. The molecule has 1 saturated carbocycles. The Hall–Kier alpha value is -0.860. The number of aryl methyl sites for hydroxylation is 1. The number of nitrogens with two attached hydrogens (primary N) is 1. The average Bonchev–Trinajstić information content (AvgIpc) is 2.61. The molecule has 0 bridgehead atoms. The number of hydrogen-bond acceptors (Lipinski definition) is 3. The Labute approximate surface area is 131 Å². The normalized spacial score (nSPS) is 17.6. The molecule has 1 aromatic rings. The molecular weight excluding hydrogens is 355 g/mol. The Morgan fingerprint density at radius 1 is 1.42 bits per heavy atom. The van der Waals surface area contributed by atoms with Crippen molar-refractivity contribution in [2.45, 2.75) is 51.1 Å². The van der Waals surface area contributed by atoms with E-state index in [2.05, 4.69) is 20.5 Å². The molecule has 1 fully saturated rings. The Morgan fingerprint density at radius 2 is 2.11 bits per heavy atom. The predicted octanol–water partition coefficient (Wildman–Crippen LogP) is 1.56. The second-order valence-electron chi connectivity index (χ2n) is 4.89. The van der Waals surface area contributed by atoms with Gasteiger partial charge in [-0.25, -0.2) is 4.99 Å². The van der Waals surface area contributed by atoms with Crippen molar-refractivity contribution >= 4 is 29.9 Å². The molecule has 0 spiro atoms. The molecule has 108 valence electrons. The summed E-state index contributed by atoms with van der Waals surface area (Å²) < 4.78 is 1.85. The quantitative estimate of drug-likeness (QED) is 0.362. The van der Waals surface area contributed by atoms with Crippen LogP contribution in [0.25, 0.3) is 0 Å². The molecule has 2 rings (SSSR count). The van der Waals surface area contributed by atoms with Gasteiger partial charge in [-0.3, -0.25) is 0 Å². The Kier molecular flexibility index (Phi) is 7.11. The van der Waals surface area contributed by atoms with E-state index in [1.54, 1.807) is 6.33 Å². The van der Waals surface area contributed by atoms with Crippen LogP contribution >= 0.6 is 24.0 Å². The minimum Gasteiger partial charge on any atom is -0.370 e. The van der Waals surface area contributed by atoms with Crippen LogP contribution in [0.3, 0.4) is 0 Å². The maximum absolute atomic E-state index is 5.90. The molecule has 0 amide bonds. The van der Waals surface area contributed by atoms with Crippen LogP contribution in [0.5, 0.6) is 0 Å². The van der Waals surface area contributed by atoms with Gasteiger partial charge in [0.1, 0.15) is 12.9 Å². The third kappa shape index (κ3) is 5.33. The first-order chi connectivity index (χ1) is 8.75. The number of halogens is 1. The minimum atomic E-state index is 0. The summed E-state index contributed by atoms with van der Waals surface area (Å²) >= 11 is 0. The Morgan fingerprint density at radius 3 is 2.68 bits per heavy atom. The van der Waals surface area contributed by atoms with Crippen molar-refractivity contribution in [3.63, 3.8) is 0 Å². The SMILES string of the molecule is Cn1cnnc1CN=C(N)NC1CCCCCC1.I. The monoisotopic (exact) mass is 378 g/mol. The second kappa shape index (κ2) is 8.34. The summed E-state index contributed by atoms with van der Waals surface area (Å²) in [6.45, 7) is 0.474. The number of aliphatic imine (C=N–C) groups is 1. The van der Waals surface area contributed by atoms with E-state index in [0.717, 1.165) is 5.82 Å². The van der Waals surface area contributed by atoms with Gasteiger partial charge in [0, 0.05) is 13.1 Å². The summed E-state index contributed by atoms with van der Waals surface area (Å²) in [6.07, 6.45) is 9.31. The standard InChI is InChI=1S/C12H22N6.HI/c1-18-9-15-17-11(18)8-14-12(13)16-10-6-4-2-3-5-7-10;/h9-10H,2-8H2,1H3,(H3,13,14,16);1H. The fourth-order valence-corrected chi connectivity index (χ4v) is 2.28. The molecule has 1 aromatic heterocycles. The van der Waals surface area contributed by atoms with Crippen molar-refractivity contribution in [1.82, 2.24) is 20.1 Å². The highest BCUT2D eigenvalue weighted by Gasteiger charge is 2.12. The van der Waals surface area contributed by atoms with Crippen molar-refractivity contribution in [2.24, 2.45) is 17.8 Å². The summed E-state index contributed by atoms with van der Waals surface area (Å²) in [6, 6.07) is 0.482. The number of nitrogens with one attached hydrogen (secondary N) is 1. The molecule has 0 unspecified atom stereocenters. The summed E-state index contributed by atoms with van der Waals surface area (Å²) in [5.41, 5.74) is 5.90. The lowest BCUT2D eigenvalue weighted by molar-refractivity contribution is 0.529. The smallest absolute Gasteiger partial charge is 0.189 e. The van der Waals surface area contributed by atoms with Crippen molar-refractivity contribution < 1.29 is 0 Å². The van der Waals surface area contributed by atoms with E-state index >= 15 is 0 Å². The van der Waals surface area contributed by atoms with Gasteiger partial charge in [-0.15, -0.1) is 34.2 Å². The molecule has 1 aliphatic carbocycles. The Balaban J connectivity index is 0.00000180. The molecule has 0 aliphatic heterocycles. The van der Waals surface area contributed by atoms with E-state index in [1.165, 1.54) is 38.5 Å². The topological polar surface area (TPSA) is 81.1 Å². The summed E-state index contributed by atoms with van der Waals surface area (Å²) in [5, 5.41) is 11.1. The molecule has 1 heterocycles. The van der Waals surface area contributed by atoms with Crippen molar-refractivity contribution in [1.29, 1.82) is 0 Å². The molecule has 7 heteroatoms. The third-order valence-corrected chi connectivity index (χ3v) is 3.40. The van der Waals surface area contributed by atoms with Crippen LogP contribution in [0.4, 0.5) is 0 Å². The number of guanidine groups is 1. The number of hydrogen-bond donors (Lipinski definition) is 2. The van der Waals surface area contributed by atoms with Crippen LogP contribution in [0.15, 0.2) is 11.3 Å². The van der Waals surface area contributed by atoms with Crippen molar-refractivity contribution in [3.8, 4) is 0 Å². The summed E-state index contributed by atoms with van der Waals surface area (Å²) in [5.74, 6) is 1.34. The molecule has 0 radical (unpaired) electrons. The van der Waals surface area contributed by atoms with Gasteiger partial charge in [-0.05, 0) is 12.8 Å². The fraction of sp³-hybridized carbons (Fsp3) is 0.750. The zero-order chi connectivity index (χ0) is 12.8. The lowest BCUT2D eigenvalue weighted by atomic mass is 10.1. The molecule has 1 aliphatic rings. The van der Waals surface area contributed by atoms with E-state index in [1.807, 2.05) is 11.6 Å². The molecule has 0 aromatic carbocycles. The van der Waals surface area contributed by atoms with Crippen LogP contribution < -0.4 is 11.1 Å². The van der Waals surface area contributed by atoms with E-state index in [9.17, 15) is 0 Å². The zero-order valence-corrected chi connectivity index (χ0v) is 13.7.